The molecule has 1 aromatic heterocycles. The molecule has 2 rings (SSSR count). The first-order chi connectivity index (χ1) is 10.5. The number of alkyl halides is 2. The molecule has 0 bridgehead atoms. The molecule has 114 valence electrons. The second-order valence-electron chi connectivity index (χ2n) is 4.85. The number of rotatable bonds is 5. The summed E-state index contributed by atoms with van der Waals surface area (Å²) in [6.07, 6.45) is 0.473. The number of aryl methyl sites for hydroxylation is 1. The monoisotopic (exact) mass is 319 g/mol. The first kappa shape index (κ1) is 16.4. The van der Waals surface area contributed by atoms with Crippen molar-refractivity contribution in [1.29, 1.82) is 5.26 Å². The molecule has 0 radical (unpaired) electrons. The zero-order valence-corrected chi connectivity index (χ0v) is 13.0. The van der Waals surface area contributed by atoms with Gasteiger partial charge in [-0.25, -0.2) is 13.1 Å². The molecule has 3 nitrogen and oxygen atoms in total. The first-order valence-corrected chi connectivity index (χ1v) is 7.39. The SMILES string of the molecule is Cc1ccc(C(C(F)F)N(C)Sc2cncc(C#N)c2)cc1. The molecule has 22 heavy (non-hydrogen) atoms. The number of benzene rings is 1. The fourth-order valence-electron chi connectivity index (χ4n) is 2.03. The molecule has 0 fully saturated rings. The van der Waals surface area contributed by atoms with Gasteiger partial charge >= 0.3 is 0 Å². The number of pyridine rings is 1. The van der Waals surface area contributed by atoms with Gasteiger partial charge in [0.15, 0.2) is 0 Å². The number of nitrogens with zero attached hydrogens (tertiary/aromatic N) is 3. The maximum absolute atomic E-state index is 13.5. The minimum atomic E-state index is -2.52. The summed E-state index contributed by atoms with van der Waals surface area (Å²) in [5.41, 5.74) is 1.99. The zero-order chi connectivity index (χ0) is 16.1. The topological polar surface area (TPSA) is 39.9 Å². The number of hydrogen-bond donors (Lipinski definition) is 0. The molecule has 0 spiro atoms. The van der Waals surface area contributed by atoms with Crippen LogP contribution in [-0.2, 0) is 0 Å². The lowest BCUT2D eigenvalue weighted by Gasteiger charge is -2.26. The Labute approximate surface area is 132 Å². The summed E-state index contributed by atoms with van der Waals surface area (Å²) in [6, 6.07) is 9.66. The molecule has 0 amide bonds. The molecule has 1 unspecified atom stereocenters. The summed E-state index contributed by atoms with van der Waals surface area (Å²) in [5, 5.41) is 8.86. The van der Waals surface area contributed by atoms with E-state index in [0.29, 0.717) is 16.0 Å². The van der Waals surface area contributed by atoms with E-state index >= 15 is 0 Å². The van der Waals surface area contributed by atoms with Gasteiger partial charge in [0.1, 0.15) is 12.1 Å². The predicted octanol–water partition coefficient (Wildman–Crippen LogP) is 4.21. The molecule has 6 heteroatoms. The highest BCUT2D eigenvalue weighted by Gasteiger charge is 2.27. The molecular formula is C16H15F2N3S. The molecule has 1 aromatic carbocycles. The Morgan fingerprint density at radius 1 is 1.23 bits per heavy atom. The van der Waals surface area contributed by atoms with Crippen LogP contribution in [0.15, 0.2) is 47.6 Å². The Kier molecular flexibility index (Phi) is 5.47. The Hall–Kier alpha value is -1.97. The van der Waals surface area contributed by atoms with Crippen LogP contribution in [0.1, 0.15) is 22.7 Å². The third-order valence-electron chi connectivity index (χ3n) is 3.14. The largest absolute Gasteiger partial charge is 0.262 e. The van der Waals surface area contributed by atoms with Crippen molar-refractivity contribution < 1.29 is 8.78 Å². The van der Waals surface area contributed by atoms with E-state index in [1.165, 1.54) is 10.5 Å². The summed E-state index contributed by atoms with van der Waals surface area (Å²) in [6.45, 7) is 1.92. The maximum atomic E-state index is 13.5. The number of aromatic nitrogens is 1. The van der Waals surface area contributed by atoms with Crippen LogP contribution in [0.4, 0.5) is 8.78 Å². The van der Waals surface area contributed by atoms with Crippen molar-refractivity contribution in [2.75, 3.05) is 7.05 Å². The van der Waals surface area contributed by atoms with Gasteiger partial charge in [-0.3, -0.25) is 4.98 Å². The highest BCUT2D eigenvalue weighted by atomic mass is 32.2. The minimum Gasteiger partial charge on any atom is -0.262 e. The van der Waals surface area contributed by atoms with E-state index in [4.69, 9.17) is 5.26 Å². The van der Waals surface area contributed by atoms with E-state index in [-0.39, 0.29) is 0 Å². The van der Waals surface area contributed by atoms with Crippen molar-refractivity contribution >= 4 is 11.9 Å². The molecule has 1 heterocycles. The van der Waals surface area contributed by atoms with Gasteiger partial charge in [0.2, 0.25) is 0 Å². The zero-order valence-electron chi connectivity index (χ0n) is 12.2. The third kappa shape index (κ3) is 4.03. The Bertz CT molecular complexity index is 668. The molecule has 0 N–H and O–H groups in total. The molecule has 2 aromatic rings. The van der Waals surface area contributed by atoms with Gasteiger partial charge in [-0.1, -0.05) is 29.8 Å². The lowest BCUT2D eigenvalue weighted by molar-refractivity contribution is 0.0739. The average molecular weight is 319 g/mol. The summed E-state index contributed by atoms with van der Waals surface area (Å²) in [5.74, 6) is 0. The van der Waals surface area contributed by atoms with Crippen molar-refractivity contribution in [3.05, 3.63) is 59.4 Å². The summed E-state index contributed by atoms with van der Waals surface area (Å²) in [4.78, 5) is 4.59. The fourth-order valence-corrected chi connectivity index (χ4v) is 2.98. The van der Waals surface area contributed by atoms with Crippen LogP contribution >= 0.6 is 11.9 Å². The summed E-state index contributed by atoms with van der Waals surface area (Å²) < 4.78 is 28.4. The van der Waals surface area contributed by atoms with E-state index in [1.807, 2.05) is 25.1 Å². The van der Waals surface area contributed by atoms with Crippen molar-refractivity contribution in [3.63, 3.8) is 0 Å². The standard InChI is InChI=1S/C16H15F2N3S/c1-11-3-5-13(6-4-11)15(16(17)18)21(2)22-14-7-12(8-19)9-20-10-14/h3-7,9-10,15-16H,1-2H3. The van der Waals surface area contributed by atoms with Crippen LogP contribution in [0.3, 0.4) is 0 Å². The molecule has 0 saturated heterocycles. The summed E-state index contributed by atoms with van der Waals surface area (Å²) >= 11 is 1.15. The van der Waals surface area contributed by atoms with Crippen LogP contribution in [0.25, 0.3) is 0 Å². The van der Waals surface area contributed by atoms with E-state index in [9.17, 15) is 8.78 Å². The van der Waals surface area contributed by atoms with Crippen molar-refractivity contribution in [2.24, 2.45) is 0 Å². The lowest BCUT2D eigenvalue weighted by Crippen LogP contribution is -2.24. The van der Waals surface area contributed by atoms with Crippen molar-refractivity contribution in [3.8, 4) is 6.07 Å². The molecule has 0 aliphatic rings. The third-order valence-corrected chi connectivity index (χ3v) is 4.09. The fraction of sp³-hybridized carbons (Fsp3) is 0.250. The van der Waals surface area contributed by atoms with E-state index in [2.05, 4.69) is 4.98 Å². The second kappa shape index (κ2) is 7.34. The number of nitriles is 1. The van der Waals surface area contributed by atoms with E-state index < -0.39 is 12.5 Å². The normalized spacial score (nSPS) is 12.4. The van der Waals surface area contributed by atoms with Gasteiger partial charge in [-0.05, 0) is 37.5 Å². The quantitative estimate of drug-likeness (QED) is 0.774. The smallest absolute Gasteiger partial charge is 0.258 e. The van der Waals surface area contributed by atoms with Gasteiger partial charge in [0.25, 0.3) is 6.43 Å². The van der Waals surface area contributed by atoms with Crippen LogP contribution in [0.2, 0.25) is 0 Å². The molecule has 1 atom stereocenters. The highest BCUT2D eigenvalue weighted by molar-refractivity contribution is 7.97. The van der Waals surface area contributed by atoms with Crippen LogP contribution in [0, 0.1) is 18.3 Å². The van der Waals surface area contributed by atoms with E-state index in [0.717, 1.165) is 17.5 Å². The Balaban J connectivity index is 2.21. The molecule has 0 aliphatic heterocycles. The maximum Gasteiger partial charge on any atom is 0.258 e. The molecule has 0 saturated carbocycles. The Morgan fingerprint density at radius 3 is 2.50 bits per heavy atom. The first-order valence-electron chi connectivity index (χ1n) is 6.62. The van der Waals surface area contributed by atoms with Gasteiger partial charge < -0.3 is 0 Å². The van der Waals surface area contributed by atoms with Crippen LogP contribution in [0.5, 0.6) is 0 Å². The predicted molar refractivity (Wildman–Crippen MR) is 82.5 cm³/mol. The molecular weight excluding hydrogens is 304 g/mol. The van der Waals surface area contributed by atoms with Crippen molar-refractivity contribution in [1.82, 2.24) is 9.29 Å². The number of halogens is 2. The summed E-state index contributed by atoms with van der Waals surface area (Å²) in [7, 11) is 1.61. The van der Waals surface area contributed by atoms with Gasteiger partial charge in [0, 0.05) is 17.3 Å². The van der Waals surface area contributed by atoms with Crippen LogP contribution in [-0.4, -0.2) is 22.8 Å². The minimum absolute atomic E-state index is 0.405. The van der Waals surface area contributed by atoms with Gasteiger partial charge in [-0.2, -0.15) is 5.26 Å². The van der Waals surface area contributed by atoms with Gasteiger partial charge in [0.05, 0.1) is 5.56 Å². The van der Waals surface area contributed by atoms with E-state index in [1.54, 1.807) is 31.4 Å². The van der Waals surface area contributed by atoms with Crippen LogP contribution < -0.4 is 0 Å². The average Bonchev–Trinajstić information content (AvgIpc) is 2.49. The lowest BCUT2D eigenvalue weighted by atomic mass is 10.1. The highest BCUT2D eigenvalue weighted by Crippen LogP contribution is 2.34. The second-order valence-corrected chi connectivity index (χ2v) is 6.08. The number of hydrogen-bond acceptors (Lipinski definition) is 4. The molecule has 0 aliphatic carbocycles. The van der Waals surface area contributed by atoms with Gasteiger partial charge in [-0.15, -0.1) is 0 Å². The Morgan fingerprint density at radius 2 is 1.91 bits per heavy atom. The van der Waals surface area contributed by atoms with Crippen molar-refractivity contribution in [2.45, 2.75) is 24.3 Å².